The molecule has 1 unspecified atom stereocenters. The van der Waals surface area contributed by atoms with Crippen LogP contribution in [0.25, 0.3) is 0 Å². The molecule has 0 fully saturated rings. The second-order valence-corrected chi connectivity index (χ2v) is 5.00. The van der Waals surface area contributed by atoms with Gasteiger partial charge in [-0.25, -0.2) is 0 Å². The summed E-state index contributed by atoms with van der Waals surface area (Å²) >= 11 is 18.1. The molecule has 0 bridgehead atoms. The normalized spacial score (nSPS) is 20.4. The molecule has 0 radical (unpaired) electrons. The van der Waals surface area contributed by atoms with E-state index in [9.17, 15) is 0 Å². The highest BCUT2D eigenvalue weighted by atomic mass is 35.5. The first-order valence-corrected chi connectivity index (χ1v) is 5.68. The average Bonchev–Trinajstić information content (AvgIpc) is 2.52. The molecule has 0 aliphatic carbocycles. The minimum atomic E-state index is -0.209. The van der Waals surface area contributed by atoms with Gasteiger partial charge in [-0.1, -0.05) is 41.5 Å². The summed E-state index contributed by atoms with van der Waals surface area (Å²) in [5.74, 6) is 0. The maximum absolute atomic E-state index is 6.02. The van der Waals surface area contributed by atoms with Gasteiger partial charge in [0.25, 0.3) is 0 Å². The summed E-state index contributed by atoms with van der Waals surface area (Å²) in [6.45, 7) is 0. The molecule has 1 aromatic rings. The number of rotatable bonds is 1. The van der Waals surface area contributed by atoms with Crippen LogP contribution in [-0.2, 0) is 0 Å². The third-order valence-corrected chi connectivity index (χ3v) is 3.36. The molecule has 0 spiro atoms. The fourth-order valence-electron chi connectivity index (χ4n) is 1.12. The largest absolute Gasteiger partial charge is 0.167 e. The molecular formula is C8H4Cl2N2S2. The maximum atomic E-state index is 6.02. The van der Waals surface area contributed by atoms with Crippen molar-refractivity contribution in [1.29, 1.82) is 0 Å². The Morgan fingerprint density at radius 1 is 1.36 bits per heavy atom. The fraction of sp³-hybridized carbons (Fsp3) is 0.125. The first-order chi connectivity index (χ1) is 6.68. The van der Waals surface area contributed by atoms with Gasteiger partial charge in [0.05, 0.1) is 0 Å². The zero-order valence-electron chi connectivity index (χ0n) is 6.78. The molecule has 72 valence electrons. The summed E-state index contributed by atoms with van der Waals surface area (Å²) in [5.41, 5.74) is 0.856. The predicted molar refractivity (Wildman–Crippen MR) is 64.2 cm³/mol. The summed E-state index contributed by atoms with van der Waals surface area (Å²) in [5, 5.41) is 5.18. The quantitative estimate of drug-likeness (QED) is 0.551. The molecule has 1 aliphatic heterocycles. The van der Waals surface area contributed by atoms with Gasteiger partial charge in [0.15, 0.2) is 0 Å². The van der Waals surface area contributed by atoms with Crippen molar-refractivity contribution < 1.29 is 0 Å². The Morgan fingerprint density at radius 2 is 2.14 bits per heavy atom. The summed E-state index contributed by atoms with van der Waals surface area (Å²) in [7, 11) is 0. The third-order valence-electron chi connectivity index (χ3n) is 1.77. The summed E-state index contributed by atoms with van der Waals surface area (Å²) in [6.07, 6.45) is 0. The van der Waals surface area contributed by atoms with E-state index in [1.54, 1.807) is 12.1 Å². The Balaban J connectivity index is 2.41. The molecule has 1 aromatic carbocycles. The minimum Gasteiger partial charge on any atom is -0.167 e. The van der Waals surface area contributed by atoms with Crippen molar-refractivity contribution in [3.05, 3.63) is 33.8 Å². The lowest BCUT2D eigenvalue weighted by Crippen LogP contribution is -2.00. The van der Waals surface area contributed by atoms with Crippen LogP contribution in [0.1, 0.15) is 11.6 Å². The summed E-state index contributed by atoms with van der Waals surface area (Å²) < 4.78 is 4.51. The monoisotopic (exact) mass is 262 g/mol. The number of hydrogen-bond acceptors (Lipinski definition) is 4. The molecule has 1 atom stereocenters. The molecule has 0 saturated carbocycles. The van der Waals surface area contributed by atoms with E-state index in [2.05, 4.69) is 9.63 Å². The van der Waals surface area contributed by atoms with Gasteiger partial charge in [-0.15, -0.1) is 4.52 Å². The van der Waals surface area contributed by atoms with E-state index in [1.165, 1.54) is 11.9 Å². The highest BCUT2D eigenvalue weighted by molar-refractivity contribution is 8.22. The van der Waals surface area contributed by atoms with Crippen molar-refractivity contribution in [3.8, 4) is 0 Å². The predicted octanol–water partition coefficient (Wildman–Crippen LogP) is 4.48. The second kappa shape index (κ2) is 4.14. The van der Waals surface area contributed by atoms with Crippen LogP contribution in [0.15, 0.2) is 27.8 Å². The molecule has 0 saturated heterocycles. The highest BCUT2D eigenvalue weighted by Crippen LogP contribution is 2.37. The molecule has 2 nitrogen and oxygen atoms in total. The van der Waals surface area contributed by atoms with Crippen molar-refractivity contribution in [2.75, 3.05) is 0 Å². The van der Waals surface area contributed by atoms with Gasteiger partial charge in [-0.05, 0) is 12.1 Å². The Labute approximate surface area is 101 Å². The van der Waals surface area contributed by atoms with Crippen molar-refractivity contribution in [2.45, 2.75) is 6.04 Å². The minimum absolute atomic E-state index is 0.209. The molecule has 0 aromatic heterocycles. The zero-order chi connectivity index (χ0) is 10.1. The van der Waals surface area contributed by atoms with Gasteiger partial charge in [-0.2, -0.15) is 5.11 Å². The van der Waals surface area contributed by atoms with Crippen molar-refractivity contribution in [1.82, 2.24) is 0 Å². The standard InChI is InChI=1S/C8H4Cl2N2S2/c9-4-1-2-5(6(10)3-4)7-8(13)14-12-11-7/h1-3,7H. The fourth-order valence-corrected chi connectivity index (χ4v) is 2.40. The van der Waals surface area contributed by atoms with Crippen LogP contribution in [0, 0.1) is 0 Å². The highest BCUT2D eigenvalue weighted by Gasteiger charge is 2.24. The van der Waals surface area contributed by atoms with E-state index in [0.717, 1.165) is 5.56 Å². The first kappa shape index (κ1) is 10.4. The van der Waals surface area contributed by atoms with Gasteiger partial charge < -0.3 is 0 Å². The van der Waals surface area contributed by atoms with Crippen LogP contribution in [0.2, 0.25) is 10.0 Å². The SMILES string of the molecule is S=C1SN=NC1c1ccc(Cl)cc1Cl. The molecule has 6 heteroatoms. The number of hydrogen-bond donors (Lipinski definition) is 0. The van der Waals surface area contributed by atoms with E-state index in [1.807, 2.05) is 6.07 Å². The lowest BCUT2D eigenvalue weighted by atomic mass is 10.1. The van der Waals surface area contributed by atoms with Crippen LogP contribution >= 0.6 is 47.4 Å². The lowest BCUT2D eigenvalue weighted by molar-refractivity contribution is 0.940. The van der Waals surface area contributed by atoms with E-state index >= 15 is 0 Å². The van der Waals surface area contributed by atoms with E-state index in [-0.39, 0.29) is 6.04 Å². The van der Waals surface area contributed by atoms with Gasteiger partial charge in [0.1, 0.15) is 10.2 Å². The second-order valence-electron chi connectivity index (χ2n) is 2.68. The lowest BCUT2D eigenvalue weighted by Gasteiger charge is -2.07. The first-order valence-electron chi connectivity index (χ1n) is 3.74. The smallest absolute Gasteiger partial charge is 0.141 e. The number of halogens is 2. The summed E-state index contributed by atoms with van der Waals surface area (Å²) in [4.78, 5) is 0. The Kier molecular flexibility index (Phi) is 3.07. The maximum Gasteiger partial charge on any atom is 0.141 e. The van der Waals surface area contributed by atoms with Gasteiger partial charge in [-0.3, -0.25) is 0 Å². The van der Waals surface area contributed by atoms with Crippen LogP contribution < -0.4 is 0 Å². The van der Waals surface area contributed by atoms with Crippen molar-refractivity contribution in [2.24, 2.45) is 9.63 Å². The number of thiocarbonyl (C=S) groups is 1. The number of benzene rings is 1. The molecule has 14 heavy (non-hydrogen) atoms. The average molecular weight is 263 g/mol. The van der Waals surface area contributed by atoms with Gasteiger partial charge in [0.2, 0.25) is 0 Å². The van der Waals surface area contributed by atoms with E-state index < -0.39 is 0 Å². The molecule has 1 heterocycles. The van der Waals surface area contributed by atoms with Gasteiger partial charge >= 0.3 is 0 Å². The zero-order valence-corrected chi connectivity index (χ0v) is 9.92. The van der Waals surface area contributed by atoms with Crippen LogP contribution in [0.4, 0.5) is 0 Å². The van der Waals surface area contributed by atoms with E-state index in [4.69, 9.17) is 35.4 Å². The molecule has 2 rings (SSSR count). The van der Waals surface area contributed by atoms with Gasteiger partial charge in [0, 0.05) is 27.6 Å². The molecule has 1 aliphatic rings. The van der Waals surface area contributed by atoms with Crippen LogP contribution in [0.3, 0.4) is 0 Å². The number of nitrogens with zero attached hydrogens (tertiary/aromatic N) is 2. The Hall–Kier alpha value is -0.160. The van der Waals surface area contributed by atoms with Crippen molar-refractivity contribution >= 4 is 51.6 Å². The van der Waals surface area contributed by atoms with Crippen LogP contribution in [-0.4, -0.2) is 4.20 Å². The molecule has 0 amide bonds. The Bertz CT molecular complexity index is 420. The summed E-state index contributed by atoms with van der Waals surface area (Å²) in [6, 6.07) is 5.07. The van der Waals surface area contributed by atoms with E-state index in [0.29, 0.717) is 14.2 Å². The van der Waals surface area contributed by atoms with Crippen molar-refractivity contribution in [3.63, 3.8) is 0 Å². The molecule has 0 N–H and O–H groups in total. The Morgan fingerprint density at radius 3 is 2.71 bits per heavy atom. The third kappa shape index (κ3) is 1.93. The van der Waals surface area contributed by atoms with Crippen LogP contribution in [0.5, 0.6) is 0 Å². The topological polar surface area (TPSA) is 24.7 Å². The molecular weight excluding hydrogens is 259 g/mol.